The molecule has 1 aliphatic rings. The molecule has 8 heteroatoms. The number of anilines is 2. The Bertz CT molecular complexity index is 1500. The Hall–Kier alpha value is -3.94. The summed E-state index contributed by atoms with van der Waals surface area (Å²) in [6, 6.07) is 13.3. The molecule has 0 aliphatic carbocycles. The molecule has 4 aromatic rings. The molecule has 1 unspecified atom stereocenters. The van der Waals surface area contributed by atoms with E-state index in [1.165, 1.54) is 11.5 Å². The highest BCUT2D eigenvalue weighted by atomic mass is 16.2. The van der Waals surface area contributed by atoms with Crippen molar-refractivity contribution in [2.75, 3.05) is 18.5 Å². The molecule has 0 radical (unpaired) electrons. The summed E-state index contributed by atoms with van der Waals surface area (Å²) < 4.78 is 3.28. The van der Waals surface area contributed by atoms with E-state index >= 15 is 0 Å². The number of fused-ring (bicyclic) bond motifs is 2. The molecule has 5 rings (SSSR count). The van der Waals surface area contributed by atoms with Gasteiger partial charge in [-0.1, -0.05) is 12.1 Å². The van der Waals surface area contributed by atoms with Crippen molar-refractivity contribution >= 4 is 44.7 Å². The lowest BCUT2D eigenvalue weighted by molar-refractivity contribution is -0.141. The molecule has 1 saturated heterocycles. The SMILES string of the molecule is CC(=O)C1CCCCN1C(=O)Cn1ccc2cccc(N(C)c3ccc4c(cnn4C)c3)c2c1=O. The summed E-state index contributed by atoms with van der Waals surface area (Å²) in [7, 11) is 3.84. The third-order valence-electron chi connectivity index (χ3n) is 7.06. The third-order valence-corrected chi connectivity index (χ3v) is 7.06. The molecule has 1 amide bonds. The molecule has 1 fully saturated rings. The first-order valence-corrected chi connectivity index (χ1v) is 11.9. The lowest BCUT2D eigenvalue weighted by Crippen LogP contribution is -2.49. The van der Waals surface area contributed by atoms with Crippen LogP contribution in [0.2, 0.25) is 0 Å². The Labute approximate surface area is 203 Å². The van der Waals surface area contributed by atoms with Crippen LogP contribution in [0.3, 0.4) is 0 Å². The number of rotatable bonds is 5. The number of benzene rings is 2. The number of piperidine rings is 1. The van der Waals surface area contributed by atoms with Crippen LogP contribution in [0.1, 0.15) is 26.2 Å². The number of carbonyl (C=O) groups is 2. The molecular weight excluding hydrogens is 442 g/mol. The smallest absolute Gasteiger partial charge is 0.261 e. The fourth-order valence-electron chi connectivity index (χ4n) is 5.10. The van der Waals surface area contributed by atoms with Crippen molar-refractivity contribution in [2.24, 2.45) is 7.05 Å². The van der Waals surface area contributed by atoms with Gasteiger partial charge in [-0.15, -0.1) is 0 Å². The van der Waals surface area contributed by atoms with E-state index in [2.05, 4.69) is 5.10 Å². The van der Waals surface area contributed by atoms with Crippen molar-refractivity contribution < 1.29 is 9.59 Å². The highest BCUT2D eigenvalue weighted by Crippen LogP contribution is 2.31. The zero-order valence-corrected chi connectivity index (χ0v) is 20.3. The van der Waals surface area contributed by atoms with Crippen LogP contribution < -0.4 is 10.5 Å². The topological polar surface area (TPSA) is 80.4 Å². The Morgan fingerprint density at radius 1 is 1.11 bits per heavy atom. The maximum atomic E-state index is 13.6. The number of hydrogen-bond acceptors (Lipinski definition) is 5. The minimum Gasteiger partial charge on any atom is -0.344 e. The summed E-state index contributed by atoms with van der Waals surface area (Å²) in [5.74, 6) is -0.197. The Morgan fingerprint density at radius 2 is 1.94 bits per heavy atom. The van der Waals surface area contributed by atoms with Crippen LogP contribution in [0.5, 0.6) is 0 Å². The van der Waals surface area contributed by atoms with Gasteiger partial charge in [0, 0.05) is 37.9 Å². The predicted octanol–water partition coefficient (Wildman–Crippen LogP) is 3.63. The number of pyridine rings is 1. The molecule has 180 valence electrons. The normalized spacial score (nSPS) is 16.1. The average molecular weight is 472 g/mol. The van der Waals surface area contributed by atoms with E-state index in [0.29, 0.717) is 18.4 Å². The monoisotopic (exact) mass is 471 g/mol. The van der Waals surface area contributed by atoms with E-state index in [1.54, 1.807) is 11.1 Å². The second kappa shape index (κ2) is 9.02. The van der Waals surface area contributed by atoms with E-state index in [0.717, 1.165) is 40.5 Å². The first-order chi connectivity index (χ1) is 16.8. The van der Waals surface area contributed by atoms with Crippen LogP contribution in [-0.4, -0.2) is 50.6 Å². The molecule has 0 spiro atoms. The van der Waals surface area contributed by atoms with Gasteiger partial charge in [0.2, 0.25) is 5.91 Å². The van der Waals surface area contributed by atoms with Crippen LogP contribution in [0.4, 0.5) is 11.4 Å². The van der Waals surface area contributed by atoms with Gasteiger partial charge >= 0.3 is 0 Å². The van der Waals surface area contributed by atoms with E-state index in [4.69, 9.17) is 0 Å². The number of amides is 1. The van der Waals surface area contributed by atoms with Crippen LogP contribution in [-0.2, 0) is 23.2 Å². The second-order valence-corrected chi connectivity index (χ2v) is 9.27. The molecular formula is C27H29N5O3. The maximum Gasteiger partial charge on any atom is 0.261 e. The van der Waals surface area contributed by atoms with Gasteiger partial charge in [-0.25, -0.2) is 0 Å². The molecule has 3 heterocycles. The van der Waals surface area contributed by atoms with E-state index < -0.39 is 6.04 Å². The number of carbonyl (C=O) groups excluding carboxylic acids is 2. The molecule has 1 atom stereocenters. The summed E-state index contributed by atoms with van der Waals surface area (Å²) in [5.41, 5.74) is 2.50. The fourth-order valence-corrected chi connectivity index (χ4v) is 5.10. The second-order valence-electron chi connectivity index (χ2n) is 9.27. The number of aromatic nitrogens is 3. The van der Waals surface area contributed by atoms with E-state index in [9.17, 15) is 14.4 Å². The van der Waals surface area contributed by atoms with Crippen LogP contribution in [0.25, 0.3) is 21.7 Å². The molecule has 8 nitrogen and oxygen atoms in total. The lowest BCUT2D eigenvalue weighted by Gasteiger charge is -2.34. The van der Waals surface area contributed by atoms with Crippen LogP contribution >= 0.6 is 0 Å². The van der Waals surface area contributed by atoms with Gasteiger partial charge in [0.05, 0.1) is 28.8 Å². The first-order valence-electron chi connectivity index (χ1n) is 11.9. The summed E-state index contributed by atoms with van der Waals surface area (Å²) in [4.78, 5) is 42.5. The Morgan fingerprint density at radius 3 is 2.74 bits per heavy atom. The highest BCUT2D eigenvalue weighted by molar-refractivity contribution is 5.96. The van der Waals surface area contributed by atoms with Gasteiger partial charge in [-0.2, -0.15) is 5.10 Å². The summed E-state index contributed by atoms with van der Waals surface area (Å²) >= 11 is 0. The van der Waals surface area contributed by atoms with Gasteiger partial charge in [-0.05, 0) is 61.9 Å². The number of nitrogens with zero attached hydrogens (tertiary/aromatic N) is 5. The Kier molecular flexibility index (Phi) is 5.88. The first kappa shape index (κ1) is 22.8. The standard InChI is InChI=1S/C27H29N5O3/c1-18(33)22-8-4-5-13-32(22)25(34)17-31-14-12-19-7-6-9-24(26(19)27(31)35)29(2)21-10-11-23-20(15-21)16-28-30(23)3/h6-7,9-12,14-16,22H,4-5,8,13,17H2,1-3H3. The van der Waals surface area contributed by atoms with Gasteiger partial charge in [0.15, 0.2) is 5.78 Å². The maximum absolute atomic E-state index is 13.6. The van der Waals surface area contributed by atoms with E-state index in [1.807, 2.05) is 72.3 Å². The molecule has 1 aliphatic heterocycles. The van der Waals surface area contributed by atoms with Crippen molar-refractivity contribution in [3.05, 3.63) is 65.2 Å². The molecule has 0 N–H and O–H groups in total. The highest BCUT2D eigenvalue weighted by Gasteiger charge is 2.30. The summed E-state index contributed by atoms with van der Waals surface area (Å²) in [6.07, 6.45) is 5.98. The number of likely N-dealkylation sites (tertiary alicyclic amines) is 1. The molecule has 0 saturated carbocycles. The van der Waals surface area contributed by atoms with Gasteiger partial charge in [-0.3, -0.25) is 19.1 Å². The molecule has 0 bridgehead atoms. The minimum absolute atomic E-state index is 0.00148. The van der Waals surface area contributed by atoms with Gasteiger partial charge < -0.3 is 14.4 Å². The summed E-state index contributed by atoms with van der Waals surface area (Å²) in [5, 5.41) is 6.69. The number of ketones is 1. The fraction of sp³-hybridized carbons (Fsp3) is 0.333. The van der Waals surface area contributed by atoms with Crippen LogP contribution in [0, 0.1) is 0 Å². The molecule has 2 aromatic carbocycles. The van der Waals surface area contributed by atoms with Crippen molar-refractivity contribution in [3.8, 4) is 0 Å². The largest absolute Gasteiger partial charge is 0.344 e. The van der Waals surface area contributed by atoms with Gasteiger partial charge in [0.25, 0.3) is 5.56 Å². The zero-order chi connectivity index (χ0) is 24.7. The lowest BCUT2D eigenvalue weighted by atomic mass is 9.99. The quantitative estimate of drug-likeness (QED) is 0.444. The van der Waals surface area contributed by atoms with Crippen molar-refractivity contribution in [1.29, 1.82) is 0 Å². The zero-order valence-electron chi connectivity index (χ0n) is 20.3. The van der Waals surface area contributed by atoms with Gasteiger partial charge in [0.1, 0.15) is 6.54 Å². The molecule has 35 heavy (non-hydrogen) atoms. The summed E-state index contributed by atoms with van der Waals surface area (Å²) in [6.45, 7) is 2.00. The van der Waals surface area contributed by atoms with Crippen molar-refractivity contribution in [3.63, 3.8) is 0 Å². The number of hydrogen-bond donors (Lipinski definition) is 0. The van der Waals surface area contributed by atoms with Crippen molar-refractivity contribution in [2.45, 2.75) is 38.8 Å². The number of aryl methyl sites for hydroxylation is 1. The molecule has 2 aromatic heterocycles. The Balaban J connectivity index is 1.51. The third kappa shape index (κ3) is 4.09. The van der Waals surface area contributed by atoms with E-state index in [-0.39, 0.29) is 23.8 Å². The average Bonchev–Trinajstić information content (AvgIpc) is 3.24. The van der Waals surface area contributed by atoms with Crippen LogP contribution in [0.15, 0.2) is 59.7 Å². The minimum atomic E-state index is -0.392. The predicted molar refractivity (Wildman–Crippen MR) is 137 cm³/mol. The number of Topliss-reactive ketones (excluding diaryl/α,β-unsaturated/α-hetero) is 1. The van der Waals surface area contributed by atoms with Crippen molar-refractivity contribution in [1.82, 2.24) is 19.2 Å².